The average molecular weight is 150 g/mol. The lowest BCUT2D eigenvalue weighted by Crippen LogP contribution is -2.45. The fourth-order valence-corrected chi connectivity index (χ4v) is 0.413. The summed E-state index contributed by atoms with van der Waals surface area (Å²) in [5.41, 5.74) is 5.22. The van der Waals surface area contributed by atoms with Gasteiger partial charge in [-0.25, -0.2) is 0 Å². The Hall–Kier alpha value is -0.220. The number of hydrogen-bond acceptors (Lipinski definition) is 3. The third kappa shape index (κ3) is 2.72. The molecule has 3 nitrogen and oxygen atoms in total. The van der Waals surface area contributed by atoms with E-state index < -0.39 is 16.8 Å². The van der Waals surface area contributed by atoms with Crippen molar-refractivity contribution < 1.29 is 11.3 Å². The number of hydrogen-bond donors (Lipinski definition) is 3. The summed E-state index contributed by atoms with van der Waals surface area (Å²) in [5, 5.41) is 8.34. The fourth-order valence-electron chi connectivity index (χ4n) is 0.302. The van der Waals surface area contributed by atoms with E-state index in [1.807, 2.05) is 0 Å². The van der Waals surface area contributed by atoms with Crippen molar-refractivity contribution >= 4 is 18.6 Å². The van der Waals surface area contributed by atoms with Crippen LogP contribution in [0.4, 0.5) is 0 Å². The summed E-state index contributed by atoms with van der Waals surface area (Å²) in [7, 11) is 0. The van der Waals surface area contributed by atoms with Gasteiger partial charge in [-0.3, -0.25) is 4.79 Å². The van der Waals surface area contributed by atoms with Gasteiger partial charge in [-0.1, -0.05) is 0 Å². The molecule has 54 valence electrons. The van der Waals surface area contributed by atoms with Crippen LogP contribution in [0.5, 0.6) is 0 Å². The number of carbonyl (C=O) groups is 1. The second-order valence-corrected chi connectivity index (χ2v) is 3.62. The monoisotopic (exact) mass is 150 g/mol. The topological polar surface area (TPSA) is 63.3 Å². The molecule has 0 aromatic rings. The lowest BCUT2D eigenvalue weighted by atomic mass is 10.1. The molecule has 0 heterocycles. The van der Waals surface area contributed by atoms with Crippen LogP contribution in [0.3, 0.4) is 0 Å². The van der Waals surface area contributed by atoms with Gasteiger partial charge in [-0.2, -0.15) is 12.6 Å². The molecule has 1 atom stereocenters. The first-order valence-corrected chi connectivity index (χ1v) is 3.01. The fraction of sp³-hybridized carbons (Fsp3) is 0.800. The molecule has 0 saturated carbocycles. The van der Waals surface area contributed by atoms with Gasteiger partial charge >= 0.3 is 7.40 Å². The molecule has 0 rings (SSSR count). The summed E-state index contributed by atoms with van der Waals surface area (Å²) in [6.45, 7) is 3.32. The van der Waals surface area contributed by atoms with Gasteiger partial charge in [0.15, 0.2) is 0 Å². The van der Waals surface area contributed by atoms with Crippen LogP contribution in [0.2, 0.25) is 0 Å². The van der Waals surface area contributed by atoms with E-state index in [-0.39, 0.29) is 1.43 Å². The van der Waals surface area contributed by atoms with Gasteiger partial charge in [0.2, 0.25) is 0 Å². The quantitative estimate of drug-likeness (QED) is 0.493. The Kier molecular flexibility index (Phi) is 2.51. The van der Waals surface area contributed by atoms with Crippen molar-refractivity contribution in [3.8, 4) is 0 Å². The molecule has 0 saturated heterocycles. The number of rotatable bonds is 2. The van der Waals surface area contributed by atoms with E-state index in [0.29, 0.717) is 0 Å². The first kappa shape index (κ1) is 8.78. The van der Waals surface area contributed by atoms with Crippen molar-refractivity contribution in [2.75, 3.05) is 0 Å². The number of thiol groups is 1. The van der Waals surface area contributed by atoms with Crippen LogP contribution in [0.15, 0.2) is 0 Å². The van der Waals surface area contributed by atoms with Gasteiger partial charge in [0.25, 0.3) is 0 Å². The Morgan fingerprint density at radius 1 is 1.89 bits per heavy atom. The highest BCUT2D eigenvalue weighted by Gasteiger charge is 2.27. The number of carboxylic acids is 1. The van der Waals surface area contributed by atoms with Crippen molar-refractivity contribution in [3.63, 3.8) is 0 Å². The molecule has 0 fully saturated rings. The SMILES string of the molecule is CC(C)(S)[C@@H](N)C(=O)O.[H+]. The van der Waals surface area contributed by atoms with E-state index in [0.717, 1.165) is 0 Å². The molecular formula is C5H12NO2S+. The minimum Gasteiger partial charge on any atom is -0.480 e. The Balaban J connectivity index is 0. The van der Waals surface area contributed by atoms with E-state index in [1.165, 1.54) is 0 Å². The van der Waals surface area contributed by atoms with Crippen LogP contribution in [-0.4, -0.2) is 21.9 Å². The second-order valence-electron chi connectivity index (χ2n) is 2.47. The predicted molar refractivity (Wildman–Crippen MR) is 39.8 cm³/mol. The zero-order valence-electron chi connectivity index (χ0n) is 6.46. The third-order valence-electron chi connectivity index (χ3n) is 1.03. The number of carboxylic acid groups (broad SMARTS) is 1. The zero-order valence-corrected chi connectivity index (χ0v) is 6.35. The van der Waals surface area contributed by atoms with Gasteiger partial charge in [0, 0.05) is 4.75 Å². The maximum atomic E-state index is 10.2. The first-order chi connectivity index (χ1) is 3.85. The molecule has 0 aliphatic rings. The highest BCUT2D eigenvalue weighted by molar-refractivity contribution is 7.81. The van der Waals surface area contributed by atoms with Crippen molar-refractivity contribution in [1.29, 1.82) is 0 Å². The van der Waals surface area contributed by atoms with E-state index in [4.69, 9.17) is 10.8 Å². The minimum absolute atomic E-state index is 0. The Bertz CT molecular complexity index is 123. The molecule has 0 bridgehead atoms. The molecule has 0 unspecified atom stereocenters. The molecule has 0 aromatic heterocycles. The standard InChI is InChI=1S/C5H11NO2S/c1-5(2,9)3(6)4(7)8/h3,9H,6H2,1-2H3,(H,7,8)/p+1/t3-/m0/s1. The molecule has 0 aliphatic carbocycles. The summed E-state index contributed by atoms with van der Waals surface area (Å²) in [6.07, 6.45) is 0. The van der Waals surface area contributed by atoms with Crippen LogP contribution in [0.1, 0.15) is 15.3 Å². The summed E-state index contributed by atoms with van der Waals surface area (Å²) in [6, 6.07) is -0.902. The normalized spacial score (nSPS) is 15.1. The van der Waals surface area contributed by atoms with Crippen LogP contribution in [0.25, 0.3) is 0 Å². The predicted octanol–water partition coefficient (Wildman–Crippen LogP) is 0.219. The Morgan fingerprint density at radius 2 is 2.22 bits per heavy atom. The maximum Gasteiger partial charge on any atom is 1.00 e. The van der Waals surface area contributed by atoms with Gasteiger partial charge in [-0.15, -0.1) is 0 Å². The maximum absolute atomic E-state index is 10.2. The van der Waals surface area contributed by atoms with Gasteiger partial charge in [0.05, 0.1) is 0 Å². The number of nitrogens with two attached hydrogens (primary N) is 1. The molecular weight excluding hydrogens is 138 g/mol. The lowest BCUT2D eigenvalue weighted by Gasteiger charge is -2.21. The largest absolute Gasteiger partial charge is 1.00 e. The van der Waals surface area contributed by atoms with Gasteiger partial charge in [0.1, 0.15) is 6.04 Å². The van der Waals surface area contributed by atoms with Crippen LogP contribution in [0, 0.1) is 0 Å². The highest BCUT2D eigenvalue weighted by Crippen LogP contribution is 2.15. The highest BCUT2D eigenvalue weighted by atomic mass is 32.1. The summed E-state index contributed by atoms with van der Waals surface area (Å²) in [4.78, 5) is 10.2. The van der Waals surface area contributed by atoms with Crippen LogP contribution in [-0.2, 0) is 4.79 Å². The summed E-state index contributed by atoms with van der Waals surface area (Å²) < 4.78 is -0.647. The van der Waals surface area contributed by atoms with E-state index >= 15 is 0 Å². The molecule has 3 N–H and O–H groups in total. The number of aliphatic carboxylic acids is 1. The van der Waals surface area contributed by atoms with Crippen molar-refractivity contribution in [2.24, 2.45) is 5.73 Å². The van der Waals surface area contributed by atoms with E-state index in [2.05, 4.69) is 12.6 Å². The summed E-state index contributed by atoms with van der Waals surface area (Å²) >= 11 is 3.98. The lowest BCUT2D eigenvalue weighted by molar-refractivity contribution is -0.139. The Labute approximate surface area is 61.1 Å². The molecule has 4 heteroatoms. The van der Waals surface area contributed by atoms with E-state index in [1.54, 1.807) is 13.8 Å². The molecule has 0 amide bonds. The molecule has 0 aromatic carbocycles. The third-order valence-corrected chi connectivity index (χ3v) is 1.31. The molecule has 0 aliphatic heterocycles. The second kappa shape index (κ2) is 2.58. The van der Waals surface area contributed by atoms with Crippen molar-refractivity contribution in [2.45, 2.75) is 24.6 Å². The smallest absolute Gasteiger partial charge is 0.480 e. The van der Waals surface area contributed by atoms with Crippen molar-refractivity contribution in [3.05, 3.63) is 0 Å². The summed E-state index contributed by atoms with van der Waals surface area (Å²) in [5.74, 6) is -1.02. The van der Waals surface area contributed by atoms with Gasteiger partial charge in [-0.05, 0) is 13.8 Å². The van der Waals surface area contributed by atoms with Gasteiger partial charge < -0.3 is 10.8 Å². The van der Waals surface area contributed by atoms with E-state index in [9.17, 15) is 4.79 Å². The minimum atomic E-state index is -1.02. The van der Waals surface area contributed by atoms with Crippen LogP contribution < -0.4 is 5.73 Å². The van der Waals surface area contributed by atoms with Crippen LogP contribution >= 0.6 is 12.6 Å². The molecule has 9 heavy (non-hydrogen) atoms. The first-order valence-electron chi connectivity index (χ1n) is 2.56. The molecule has 0 spiro atoms. The molecule has 0 radical (unpaired) electrons. The average Bonchev–Trinajstić information content (AvgIpc) is 1.62. The zero-order chi connectivity index (χ0) is 7.65. The van der Waals surface area contributed by atoms with Crippen molar-refractivity contribution in [1.82, 2.24) is 0 Å². The Morgan fingerprint density at radius 3 is 2.22 bits per heavy atom.